The summed E-state index contributed by atoms with van der Waals surface area (Å²) in [6.07, 6.45) is 6.40. The van der Waals surface area contributed by atoms with Gasteiger partial charge < -0.3 is 14.2 Å². The molecule has 0 radical (unpaired) electrons. The number of sulfone groups is 1. The molecule has 3 heterocycles. The van der Waals surface area contributed by atoms with Crippen LogP contribution in [0.15, 0.2) is 40.0 Å². The van der Waals surface area contributed by atoms with E-state index < -0.39 is 9.84 Å². The predicted octanol–water partition coefficient (Wildman–Crippen LogP) is 3.66. The van der Waals surface area contributed by atoms with Crippen molar-refractivity contribution in [2.24, 2.45) is 5.92 Å². The second kappa shape index (κ2) is 9.46. The number of nitrogens with zero attached hydrogens (tertiary/aromatic N) is 5. The lowest BCUT2D eigenvalue weighted by Crippen LogP contribution is -2.35. The highest BCUT2D eigenvalue weighted by atomic mass is 32.2. The summed E-state index contributed by atoms with van der Waals surface area (Å²) < 4.78 is 34.8. The van der Waals surface area contributed by atoms with Gasteiger partial charge in [-0.3, -0.25) is 0 Å². The van der Waals surface area contributed by atoms with Crippen molar-refractivity contribution >= 4 is 15.9 Å². The van der Waals surface area contributed by atoms with Gasteiger partial charge in [-0.05, 0) is 43.4 Å². The molecule has 1 aliphatic heterocycles. The Morgan fingerprint density at radius 1 is 1.18 bits per heavy atom. The number of aryl methyl sites for hydroxylation is 1. The van der Waals surface area contributed by atoms with E-state index in [1.807, 2.05) is 20.8 Å². The lowest BCUT2D eigenvalue weighted by atomic mass is 9.98. The van der Waals surface area contributed by atoms with Crippen LogP contribution < -0.4 is 9.64 Å². The molecule has 0 spiro atoms. The third kappa shape index (κ3) is 5.50. The molecule has 0 aliphatic carbocycles. The number of benzene rings is 1. The summed E-state index contributed by atoms with van der Waals surface area (Å²) in [6, 6.07) is 5.60. The highest BCUT2D eigenvalue weighted by Crippen LogP contribution is 2.26. The summed E-state index contributed by atoms with van der Waals surface area (Å²) in [5, 5.41) is 4.04. The number of hydrogen-bond acceptors (Lipinski definition) is 9. The van der Waals surface area contributed by atoms with Crippen molar-refractivity contribution in [3.8, 4) is 17.1 Å². The first-order valence-corrected chi connectivity index (χ1v) is 12.9. The zero-order valence-corrected chi connectivity index (χ0v) is 20.2. The van der Waals surface area contributed by atoms with Gasteiger partial charge in [-0.25, -0.2) is 18.4 Å². The van der Waals surface area contributed by atoms with E-state index in [9.17, 15) is 8.42 Å². The molecule has 0 unspecified atom stereocenters. The van der Waals surface area contributed by atoms with E-state index in [4.69, 9.17) is 9.26 Å². The van der Waals surface area contributed by atoms with Gasteiger partial charge >= 0.3 is 6.01 Å². The summed E-state index contributed by atoms with van der Waals surface area (Å²) in [5.41, 5.74) is 2.35. The molecule has 1 aliphatic rings. The molecule has 0 saturated carbocycles. The largest absolute Gasteiger partial charge is 0.476 e. The van der Waals surface area contributed by atoms with Crippen molar-refractivity contribution < 1.29 is 17.7 Å². The van der Waals surface area contributed by atoms with Crippen LogP contribution in [0.1, 0.15) is 44.0 Å². The minimum atomic E-state index is -3.24. The molecular formula is C23H29N5O4S. The Labute approximate surface area is 194 Å². The quantitative estimate of drug-likeness (QED) is 0.509. The molecule has 1 fully saturated rings. The van der Waals surface area contributed by atoms with Crippen LogP contribution in [0.2, 0.25) is 0 Å². The highest BCUT2D eigenvalue weighted by Gasteiger charge is 2.24. The molecule has 9 nitrogen and oxygen atoms in total. The number of piperidine rings is 1. The standard InChI is InChI=1S/C23H29N5O4S/c1-15(2)22-26-23(32-27-22)28-9-7-17(8-10-28)14-31-21-13-24-20(12-25-21)19-6-5-18(11-16(19)3)33(4,29)30/h5-6,11-13,15,17H,7-10,14H2,1-4H3. The Bertz CT molecular complexity index is 1200. The van der Waals surface area contributed by atoms with Crippen LogP contribution in [-0.2, 0) is 9.84 Å². The third-order valence-electron chi connectivity index (χ3n) is 5.83. The fourth-order valence-corrected chi connectivity index (χ4v) is 4.47. The van der Waals surface area contributed by atoms with Crippen LogP contribution in [0.5, 0.6) is 5.88 Å². The first kappa shape index (κ1) is 23.2. The first-order valence-electron chi connectivity index (χ1n) is 11.0. The smallest absolute Gasteiger partial charge is 0.324 e. The zero-order valence-electron chi connectivity index (χ0n) is 19.4. The normalized spacial score (nSPS) is 15.2. The molecule has 0 N–H and O–H groups in total. The molecule has 1 aromatic carbocycles. The molecule has 0 bridgehead atoms. The number of rotatable bonds is 7. The summed E-state index contributed by atoms with van der Waals surface area (Å²) in [5.74, 6) is 1.88. The van der Waals surface area contributed by atoms with Crippen molar-refractivity contribution in [2.45, 2.75) is 44.4 Å². The average molecular weight is 472 g/mol. The topological polar surface area (TPSA) is 111 Å². The number of ether oxygens (including phenoxy) is 1. The van der Waals surface area contributed by atoms with E-state index >= 15 is 0 Å². The van der Waals surface area contributed by atoms with Crippen LogP contribution in [-0.4, -0.2) is 54.5 Å². The molecule has 10 heteroatoms. The molecule has 33 heavy (non-hydrogen) atoms. The second-order valence-corrected chi connectivity index (χ2v) is 10.8. The van der Waals surface area contributed by atoms with E-state index in [1.54, 1.807) is 30.6 Å². The van der Waals surface area contributed by atoms with E-state index in [-0.39, 0.29) is 5.92 Å². The van der Waals surface area contributed by atoms with E-state index in [1.165, 1.54) is 6.26 Å². The van der Waals surface area contributed by atoms with Gasteiger partial charge in [0.2, 0.25) is 5.88 Å². The van der Waals surface area contributed by atoms with Crippen molar-refractivity contribution in [1.82, 2.24) is 20.1 Å². The highest BCUT2D eigenvalue weighted by molar-refractivity contribution is 7.90. The SMILES string of the molecule is Cc1cc(S(C)(=O)=O)ccc1-c1cnc(OCC2CCN(c3nc(C(C)C)no3)CC2)cn1. The summed E-state index contributed by atoms with van der Waals surface area (Å²) in [7, 11) is -3.24. The van der Waals surface area contributed by atoms with Gasteiger partial charge in [-0.15, -0.1) is 0 Å². The van der Waals surface area contributed by atoms with Crippen LogP contribution >= 0.6 is 0 Å². The van der Waals surface area contributed by atoms with Crippen LogP contribution in [0.25, 0.3) is 11.3 Å². The van der Waals surface area contributed by atoms with Gasteiger partial charge in [-0.1, -0.05) is 25.1 Å². The Balaban J connectivity index is 1.30. The number of aromatic nitrogens is 4. The van der Waals surface area contributed by atoms with Gasteiger partial charge in [0.05, 0.1) is 29.6 Å². The van der Waals surface area contributed by atoms with Crippen LogP contribution in [0.4, 0.5) is 6.01 Å². The molecular weight excluding hydrogens is 442 g/mol. The molecule has 3 aromatic rings. The fraction of sp³-hybridized carbons (Fsp3) is 0.478. The fourth-order valence-electron chi connectivity index (χ4n) is 3.77. The maximum absolute atomic E-state index is 11.7. The van der Waals surface area contributed by atoms with Gasteiger partial charge in [-0.2, -0.15) is 4.98 Å². The lowest BCUT2D eigenvalue weighted by Gasteiger charge is -2.30. The van der Waals surface area contributed by atoms with Gasteiger partial charge in [0.15, 0.2) is 15.7 Å². The van der Waals surface area contributed by atoms with Crippen molar-refractivity contribution in [2.75, 3.05) is 30.9 Å². The Kier molecular flexibility index (Phi) is 6.64. The van der Waals surface area contributed by atoms with E-state index in [2.05, 4.69) is 25.0 Å². The molecule has 1 saturated heterocycles. The summed E-state index contributed by atoms with van der Waals surface area (Å²) in [6.45, 7) is 8.22. The van der Waals surface area contributed by atoms with Crippen molar-refractivity contribution in [1.29, 1.82) is 0 Å². The van der Waals surface area contributed by atoms with E-state index in [0.717, 1.165) is 42.9 Å². The first-order chi connectivity index (χ1) is 15.7. The van der Waals surface area contributed by atoms with E-state index in [0.29, 0.717) is 35.0 Å². The minimum Gasteiger partial charge on any atom is -0.476 e. The molecule has 2 aromatic heterocycles. The lowest BCUT2D eigenvalue weighted by molar-refractivity contribution is 0.213. The van der Waals surface area contributed by atoms with Gasteiger partial charge in [0, 0.05) is 30.8 Å². The third-order valence-corrected chi connectivity index (χ3v) is 6.94. The van der Waals surface area contributed by atoms with Gasteiger partial charge in [0.1, 0.15) is 0 Å². The maximum atomic E-state index is 11.7. The van der Waals surface area contributed by atoms with Crippen molar-refractivity contribution in [3.63, 3.8) is 0 Å². The van der Waals surface area contributed by atoms with Gasteiger partial charge in [0.25, 0.3) is 0 Å². The average Bonchev–Trinajstić information content (AvgIpc) is 3.29. The Morgan fingerprint density at radius 2 is 1.94 bits per heavy atom. The Hall–Kier alpha value is -3.01. The predicted molar refractivity (Wildman–Crippen MR) is 124 cm³/mol. The van der Waals surface area contributed by atoms with Crippen molar-refractivity contribution in [3.05, 3.63) is 42.0 Å². The molecule has 176 valence electrons. The summed E-state index contributed by atoms with van der Waals surface area (Å²) >= 11 is 0. The van der Waals surface area contributed by atoms with Crippen LogP contribution in [0.3, 0.4) is 0 Å². The monoisotopic (exact) mass is 471 g/mol. The minimum absolute atomic E-state index is 0.247. The number of anilines is 1. The molecule has 0 amide bonds. The maximum Gasteiger partial charge on any atom is 0.324 e. The molecule has 0 atom stereocenters. The zero-order chi connectivity index (χ0) is 23.6. The summed E-state index contributed by atoms with van der Waals surface area (Å²) in [4.78, 5) is 15.7. The second-order valence-electron chi connectivity index (χ2n) is 8.82. The number of hydrogen-bond donors (Lipinski definition) is 0. The van der Waals surface area contributed by atoms with Crippen LogP contribution in [0, 0.1) is 12.8 Å². The molecule has 4 rings (SSSR count). The Morgan fingerprint density at radius 3 is 2.52 bits per heavy atom.